The van der Waals surface area contributed by atoms with E-state index in [1.165, 1.54) is 6.33 Å². The Morgan fingerprint density at radius 1 is 1.00 bits per heavy atom. The average molecular weight is 423 g/mol. The van der Waals surface area contributed by atoms with Crippen LogP contribution in [0.1, 0.15) is 18.9 Å². The first-order valence-electron chi connectivity index (χ1n) is 9.82. The molecule has 3 heterocycles. The van der Waals surface area contributed by atoms with Crippen LogP contribution in [0.15, 0.2) is 60.9 Å². The average Bonchev–Trinajstić information content (AvgIpc) is 3.17. The number of nitrogen functional groups attached to an aromatic ring is 1. The summed E-state index contributed by atoms with van der Waals surface area (Å²) < 4.78 is 7.90. The molecule has 0 spiro atoms. The molecule has 2 aromatic carbocycles. The third-order valence-corrected chi connectivity index (χ3v) is 5.24. The van der Waals surface area contributed by atoms with Gasteiger partial charge in [-0.1, -0.05) is 18.2 Å². The van der Waals surface area contributed by atoms with Crippen molar-refractivity contribution in [3.63, 3.8) is 0 Å². The van der Waals surface area contributed by atoms with Crippen LogP contribution in [0, 0.1) is 0 Å². The highest BCUT2D eigenvalue weighted by Crippen LogP contribution is 2.34. The van der Waals surface area contributed by atoms with Gasteiger partial charge in [-0.05, 0) is 55.8 Å². The smallest absolute Gasteiger partial charge is 0.164 e. The Morgan fingerprint density at radius 2 is 1.77 bits per heavy atom. The number of benzene rings is 2. The Kier molecular flexibility index (Phi) is 5.83. The predicted molar refractivity (Wildman–Crippen MR) is 120 cm³/mol. The highest BCUT2D eigenvalue weighted by molar-refractivity contribution is 5.98. The van der Waals surface area contributed by atoms with E-state index in [0.29, 0.717) is 5.82 Å². The second-order valence-corrected chi connectivity index (χ2v) is 7.19. The van der Waals surface area contributed by atoms with Crippen LogP contribution < -0.4 is 15.8 Å². The van der Waals surface area contributed by atoms with Crippen molar-refractivity contribution in [2.24, 2.45) is 0 Å². The molecule has 2 aromatic heterocycles. The van der Waals surface area contributed by atoms with Crippen molar-refractivity contribution >= 4 is 29.3 Å². The van der Waals surface area contributed by atoms with Gasteiger partial charge in [0.15, 0.2) is 5.65 Å². The topological polar surface area (TPSA) is 90.9 Å². The van der Waals surface area contributed by atoms with Crippen molar-refractivity contribution in [2.75, 3.05) is 18.8 Å². The zero-order valence-electron chi connectivity index (χ0n) is 16.4. The number of nitrogens with zero attached hydrogens (tertiary/aromatic N) is 4. The van der Waals surface area contributed by atoms with Crippen LogP contribution in [0.25, 0.3) is 22.3 Å². The SMILES string of the molecule is Cl.Nc1ncnc2c1c(-c1ccc(Oc3ccccc3)cc1)nn2C1CCCNC1. The van der Waals surface area contributed by atoms with E-state index < -0.39 is 0 Å². The lowest BCUT2D eigenvalue weighted by Gasteiger charge is -2.23. The largest absolute Gasteiger partial charge is 0.457 e. The van der Waals surface area contributed by atoms with Crippen LogP contribution >= 0.6 is 12.4 Å². The fourth-order valence-electron chi connectivity index (χ4n) is 3.80. The molecule has 1 fully saturated rings. The first-order valence-corrected chi connectivity index (χ1v) is 9.82. The van der Waals surface area contributed by atoms with Crippen molar-refractivity contribution in [2.45, 2.75) is 18.9 Å². The number of aromatic nitrogens is 4. The van der Waals surface area contributed by atoms with E-state index in [0.717, 1.165) is 59.7 Å². The van der Waals surface area contributed by atoms with Crippen LogP contribution in [0.2, 0.25) is 0 Å². The predicted octanol–water partition coefficient (Wildman–Crippen LogP) is 4.21. The lowest BCUT2D eigenvalue weighted by atomic mass is 10.1. The molecule has 1 atom stereocenters. The van der Waals surface area contributed by atoms with Gasteiger partial charge in [-0.2, -0.15) is 5.10 Å². The third-order valence-electron chi connectivity index (χ3n) is 5.24. The number of hydrogen-bond acceptors (Lipinski definition) is 6. The normalized spacial score (nSPS) is 16.2. The van der Waals surface area contributed by atoms with Gasteiger partial charge in [-0.15, -0.1) is 12.4 Å². The van der Waals surface area contributed by atoms with Gasteiger partial charge in [-0.25, -0.2) is 14.6 Å². The minimum absolute atomic E-state index is 0. The van der Waals surface area contributed by atoms with Crippen molar-refractivity contribution in [1.29, 1.82) is 0 Å². The van der Waals surface area contributed by atoms with Gasteiger partial charge in [0.05, 0.1) is 11.4 Å². The molecular formula is C22H23ClN6O. The minimum atomic E-state index is 0. The maximum atomic E-state index is 6.22. The van der Waals surface area contributed by atoms with Gasteiger partial charge < -0.3 is 15.8 Å². The van der Waals surface area contributed by atoms with E-state index in [1.807, 2.05) is 59.3 Å². The lowest BCUT2D eigenvalue weighted by molar-refractivity contribution is 0.354. The molecule has 30 heavy (non-hydrogen) atoms. The number of nitrogens with two attached hydrogens (primary N) is 1. The fraction of sp³-hybridized carbons (Fsp3) is 0.227. The minimum Gasteiger partial charge on any atom is -0.457 e. The number of nitrogens with one attached hydrogen (secondary N) is 1. The first kappa shape index (κ1) is 20.1. The number of hydrogen-bond donors (Lipinski definition) is 2. The van der Waals surface area contributed by atoms with Gasteiger partial charge in [-0.3, -0.25) is 0 Å². The summed E-state index contributed by atoms with van der Waals surface area (Å²) in [6, 6.07) is 17.9. The highest BCUT2D eigenvalue weighted by Gasteiger charge is 2.23. The van der Waals surface area contributed by atoms with Crippen molar-refractivity contribution < 1.29 is 4.74 Å². The quantitative estimate of drug-likeness (QED) is 0.511. The maximum Gasteiger partial charge on any atom is 0.164 e. The van der Waals surface area contributed by atoms with Crippen molar-refractivity contribution in [3.05, 3.63) is 60.9 Å². The number of halogens is 1. The van der Waals surface area contributed by atoms with Gasteiger partial charge >= 0.3 is 0 Å². The summed E-state index contributed by atoms with van der Waals surface area (Å²) >= 11 is 0. The van der Waals surface area contributed by atoms with Gasteiger partial charge in [0.1, 0.15) is 29.3 Å². The molecule has 1 aliphatic rings. The molecule has 1 saturated heterocycles. The Hall–Kier alpha value is -3.16. The Morgan fingerprint density at radius 3 is 2.50 bits per heavy atom. The standard InChI is InChI=1S/C22H22N6O.ClH/c23-21-19-20(15-8-10-18(11-9-15)29-17-6-2-1-3-7-17)27-28(22(19)26-14-25-21)16-5-4-12-24-13-16;/h1-3,6-11,14,16,24H,4-5,12-13H2,(H2,23,25,26);1H. The van der Waals surface area contributed by atoms with E-state index in [2.05, 4.69) is 15.3 Å². The van der Waals surface area contributed by atoms with E-state index in [9.17, 15) is 0 Å². The molecule has 0 bridgehead atoms. The van der Waals surface area contributed by atoms with E-state index in [-0.39, 0.29) is 18.4 Å². The second-order valence-electron chi connectivity index (χ2n) is 7.19. The molecule has 1 aliphatic heterocycles. The molecule has 7 nitrogen and oxygen atoms in total. The molecule has 4 aromatic rings. The Bertz CT molecular complexity index is 1120. The molecule has 5 rings (SSSR count). The maximum absolute atomic E-state index is 6.22. The number of ether oxygens (including phenoxy) is 1. The van der Waals surface area contributed by atoms with Crippen LogP contribution in [0.4, 0.5) is 5.82 Å². The van der Waals surface area contributed by atoms with Crippen LogP contribution in [0.5, 0.6) is 11.5 Å². The van der Waals surface area contributed by atoms with Gasteiger partial charge in [0.2, 0.25) is 0 Å². The second kappa shape index (κ2) is 8.69. The summed E-state index contributed by atoms with van der Waals surface area (Å²) in [6.45, 7) is 1.92. The van der Waals surface area contributed by atoms with E-state index in [1.54, 1.807) is 0 Å². The third kappa shape index (κ3) is 3.81. The number of piperidine rings is 1. The molecule has 3 N–H and O–H groups in total. The highest BCUT2D eigenvalue weighted by atomic mass is 35.5. The number of fused-ring (bicyclic) bond motifs is 1. The summed E-state index contributed by atoms with van der Waals surface area (Å²) in [5, 5.41) is 9.15. The molecule has 154 valence electrons. The molecule has 1 unspecified atom stereocenters. The fourth-order valence-corrected chi connectivity index (χ4v) is 3.80. The number of anilines is 1. The molecule has 0 saturated carbocycles. The molecule has 8 heteroatoms. The molecule has 0 radical (unpaired) electrons. The molecule has 0 amide bonds. The van der Waals surface area contributed by atoms with E-state index >= 15 is 0 Å². The summed E-state index contributed by atoms with van der Waals surface area (Å²) in [6.07, 6.45) is 3.69. The van der Waals surface area contributed by atoms with Crippen molar-refractivity contribution in [1.82, 2.24) is 25.1 Å². The zero-order valence-corrected chi connectivity index (χ0v) is 17.2. The van der Waals surface area contributed by atoms with Crippen LogP contribution in [0.3, 0.4) is 0 Å². The summed E-state index contributed by atoms with van der Waals surface area (Å²) in [4.78, 5) is 8.69. The summed E-state index contributed by atoms with van der Waals surface area (Å²) in [7, 11) is 0. The number of rotatable bonds is 4. The van der Waals surface area contributed by atoms with Crippen LogP contribution in [-0.4, -0.2) is 32.8 Å². The molecule has 0 aliphatic carbocycles. The first-order chi connectivity index (χ1) is 14.3. The van der Waals surface area contributed by atoms with Gasteiger partial charge in [0.25, 0.3) is 0 Å². The molecular weight excluding hydrogens is 400 g/mol. The Balaban J connectivity index is 0.00000218. The number of para-hydroxylation sites is 1. The van der Waals surface area contributed by atoms with Crippen molar-refractivity contribution in [3.8, 4) is 22.8 Å². The zero-order chi connectivity index (χ0) is 19.6. The summed E-state index contributed by atoms with van der Waals surface area (Å²) in [5.41, 5.74) is 8.77. The monoisotopic (exact) mass is 422 g/mol. The lowest BCUT2D eigenvalue weighted by Crippen LogP contribution is -2.32. The Labute approximate surface area is 180 Å². The van der Waals surface area contributed by atoms with Gasteiger partial charge in [0, 0.05) is 12.1 Å². The summed E-state index contributed by atoms with van der Waals surface area (Å²) in [5.74, 6) is 2.02. The van der Waals surface area contributed by atoms with E-state index in [4.69, 9.17) is 15.6 Å². The van der Waals surface area contributed by atoms with Crippen LogP contribution in [-0.2, 0) is 0 Å².